The maximum atomic E-state index is 13.4. The summed E-state index contributed by atoms with van der Waals surface area (Å²) in [7, 11) is 0. The van der Waals surface area contributed by atoms with E-state index in [9.17, 15) is 13.6 Å². The lowest BCUT2D eigenvalue weighted by Crippen LogP contribution is -2.15. The van der Waals surface area contributed by atoms with Crippen molar-refractivity contribution in [3.05, 3.63) is 52.8 Å². The molecule has 0 radical (unpaired) electrons. The number of nitrogens with one attached hydrogen (secondary N) is 1. The minimum atomic E-state index is -0.922. The van der Waals surface area contributed by atoms with E-state index in [4.69, 9.17) is 17.3 Å². The number of halogens is 3. The fraction of sp³-hybridized carbons (Fsp3) is 0. The van der Waals surface area contributed by atoms with E-state index in [1.165, 1.54) is 18.3 Å². The molecule has 0 atom stereocenters. The Morgan fingerprint density at radius 2 is 2.00 bits per heavy atom. The Labute approximate surface area is 112 Å². The number of anilines is 2. The van der Waals surface area contributed by atoms with Crippen LogP contribution >= 0.6 is 11.6 Å². The molecule has 0 spiro atoms. The van der Waals surface area contributed by atoms with Crippen molar-refractivity contribution in [2.45, 2.75) is 0 Å². The molecule has 0 aliphatic heterocycles. The second-order valence-electron chi connectivity index (χ2n) is 3.67. The van der Waals surface area contributed by atoms with E-state index in [0.717, 1.165) is 6.07 Å². The number of hydrogen-bond acceptors (Lipinski definition) is 3. The van der Waals surface area contributed by atoms with Crippen molar-refractivity contribution < 1.29 is 13.6 Å². The number of hydrogen-bond donors (Lipinski definition) is 2. The van der Waals surface area contributed by atoms with E-state index in [0.29, 0.717) is 11.1 Å². The van der Waals surface area contributed by atoms with Crippen molar-refractivity contribution in [1.29, 1.82) is 0 Å². The van der Waals surface area contributed by atoms with Gasteiger partial charge in [0.15, 0.2) is 0 Å². The van der Waals surface area contributed by atoms with Crippen LogP contribution in [-0.2, 0) is 0 Å². The molecular weight excluding hydrogens is 276 g/mol. The molecular formula is C12H8ClF2N3O. The van der Waals surface area contributed by atoms with Gasteiger partial charge in [0, 0.05) is 12.3 Å². The second-order valence-corrected chi connectivity index (χ2v) is 4.11. The topological polar surface area (TPSA) is 68.0 Å². The van der Waals surface area contributed by atoms with Crippen molar-refractivity contribution >= 4 is 28.9 Å². The molecule has 1 amide bonds. The first kappa shape index (κ1) is 13.2. The zero-order chi connectivity index (χ0) is 14.0. The third kappa shape index (κ3) is 2.97. The van der Waals surface area contributed by atoms with Crippen LogP contribution in [0, 0.1) is 11.6 Å². The minimum Gasteiger partial charge on any atom is -0.396 e. The third-order valence-electron chi connectivity index (χ3n) is 2.29. The molecule has 19 heavy (non-hydrogen) atoms. The van der Waals surface area contributed by atoms with E-state index in [1.807, 2.05) is 0 Å². The summed E-state index contributed by atoms with van der Waals surface area (Å²) in [6.45, 7) is 0. The average molecular weight is 284 g/mol. The van der Waals surface area contributed by atoms with Gasteiger partial charge < -0.3 is 11.1 Å². The molecule has 7 heteroatoms. The molecule has 1 heterocycles. The number of nitrogen functional groups attached to an aromatic ring is 1. The van der Waals surface area contributed by atoms with Crippen LogP contribution in [0.15, 0.2) is 30.5 Å². The fourth-order valence-corrected chi connectivity index (χ4v) is 1.47. The van der Waals surface area contributed by atoms with Gasteiger partial charge in [0.2, 0.25) is 0 Å². The molecule has 1 aromatic heterocycles. The van der Waals surface area contributed by atoms with E-state index >= 15 is 0 Å². The molecule has 98 valence electrons. The van der Waals surface area contributed by atoms with Crippen LogP contribution in [0.1, 0.15) is 10.5 Å². The Hall–Kier alpha value is -2.21. The predicted molar refractivity (Wildman–Crippen MR) is 68.0 cm³/mol. The van der Waals surface area contributed by atoms with E-state index in [-0.39, 0.29) is 17.1 Å². The van der Waals surface area contributed by atoms with Gasteiger partial charge in [0.05, 0.1) is 16.4 Å². The summed E-state index contributed by atoms with van der Waals surface area (Å²) >= 11 is 5.63. The van der Waals surface area contributed by atoms with Gasteiger partial charge in [-0.1, -0.05) is 11.6 Å². The zero-order valence-corrected chi connectivity index (χ0v) is 10.2. The maximum Gasteiger partial charge on any atom is 0.274 e. The summed E-state index contributed by atoms with van der Waals surface area (Å²) in [4.78, 5) is 15.5. The molecule has 0 aliphatic rings. The smallest absolute Gasteiger partial charge is 0.274 e. The Morgan fingerprint density at radius 1 is 1.26 bits per heavy atom. The van der Waals surface area contributed by atoms with Crippen LogP contribution in [0.4, 0.5) is 20.2 Å². The largest absolute Gasteiger partial charge is 0.396 e. The first-order chi connectivity index (χ1) is 8.97. The second kappa shape index (κ2) is 5.19. The molecule has 0 saturated heterocycles. The Kier molecular flexibility index (Phi) is 3.62. The SMILES string of the molecule is Nc1cc(NC(=O)c2ccc(Cl)cn2)c(F)cc1F. The van der Waals surface area contributed by atoms with Gasteiger partial charge in [0.25, 0.3) is 5.91 Å². The lowest BCUT2D eigenvalue weighted by atomic mass is 10.2. The van der Waals surface area contributed by atoms with Gasteiger partial charge in [0.1, 0.15) is 17.3 Å². The number of rotatable bonds is 2. The number of amides is 1. The number of nitrogens with two attached hydrogens (primary N) is 1. The van der Waals surface area contributed by atoms with Gasteiger partial charge in [-0.3, -0.25) is 4.79 Å². The molecule has 2 rings (SSSR count). The molecule has 0 unspecified atom stereocenters. The molecule has 0 aliphatic carbocycles. The van der Waals surface area contributed by atoms with Crippen molar-refractivity contribution in [2.75, 3.05) is 11.1 Å². The minimum absolute atomic E-state index is 0.0479. The third-order valence-corrected chi connectivity index (χ3v) is 2.52. The summed E-state index contributed by atoms with van der Waals surface area (Å²) in [5, 5.41) is 2.62. The van der Waals surface area contributed by atoms with Gasteiger partial charge in [-0.05, 0) is 18.2 Å². The zero-order valence-electron chi connectivity index (χ0n) is 9.45. The number of benzene rings is 1. The lowest BCUT2D eigenvalue weighted by Gasteiger charge is -2.07. The van der Waals surface area contributed by atoms with Crippen LogP contribution in [-0.4, -0.2) is 10.9 Å². The number of carbonyl (C=O) groups is 1. The highest BCUT2D eigenvalue weighted by Gasteiger charge is 2.13. The number of pyridine rings is 1. The fourth-order valence-electron chi connectivity index (χ4n) is 1.36. The van der Waals surface area contributed by atoms with Crippen LogP contribution in [0.3, 0.4) is 0 Å². The molecule has 0 bridgehead atoms. The van der Waals surface area contributed by atoms with Crippen molar-refractivity contribution in [1.82, 2.24) is 4.98 Å². The highest BCUT2D eigenvalue weighted by Crippen LogP contribution is 2.21. The summed E-state index contributed by atoms with van der Waals surface area (Å²) in [5.74, 6) is -2.46. The van der Waals surface area contributed by atoms with Crippen molar-refractivity contribution in [2.24, 2.45) is 0 Å². The summed E-state index contributed by atoms with van der Waals surface area (Å²) < 4.78 is 26.4. The van der Waals surface area contributed by atoms with Gasteiger partial charge in [-0.15, -0.1) is 0 Å². The van der Waals surface area contributed by atoms with E-state index in [1.54, 1.807) is 0 Å². The first-order valence-electron chi connectivity index (χ1n) is 5.15. The monoisotopic (exact) mass is 283 g/mol. The maximum absolute atomic E-state index is 13.4. The predicted octanol–water partition coefficient (Wildman–Crippen LogP) is 2.85. The molecule has 0 saturated carbocycles. The standard InChI is InChI=1S/C12H8ClF2N3O/c13-6-1-2-10(17-5-6)12(19)18-11-4-9(16)7(14)3-8(11)15/h1-5H,16H2,(H,18,19). The summed E-state index contributed by atoms with van der Waals surface area (Å²) in [6.07, 6.45) is 1.28. The highest BCUT2D eigenvalue weighted by molar-refractivity contribution is 6.30. The van der Waals surface area contributed by atoms with E-state index in [2.05, 4.69) is 10.3 Å². The molecule has 3 N–H and O–H groups in total. The van der Waals surface area contributed by atoms with Crippen LogP contribution in [0.2, 0.25) is 5.02 Å². The van der Waals surface area contributed by atoms with Crippen LogP contribution in [0.25, 0.3) is 0 Å². The molecule has 2 aromatic rings. The Bertz CT molecular complexity index is 632. The summed E-state index contributed by atoms with van der Waals surface area (Å²) in [5.41, 5.74) is 4.86. The Balaban J connectivity index is 2.24. The van der Waals surface area contributed by atoms with E-state index < -0.39 is 17.5 Å². The van der Waals surface area contributed by atoms with Crippen LogP contribution in [0.5, 0.6) is 0 Å². The Morgan fingerprint density at radius 3 is 2.63 bits per heavy atom. The average Bonchev–Trinajstić information content (AvgIpc) is 2.36. The molecule has 4 nitrogen and oxygen atoms in total. The van der Waals surface area contributed by atoms with Crippen molar-refractivity contribution in [3.63, 3.8) is 0 Å². The molecule has 1 aromatic carbocycles. The van der Waals surface area contributed by atoms with Gasteiger partial charge >= 0.3 is 0 Å². The highest BCUT2D eigenvalue weighted by atomic mass is 35.5. The van der Waals surface area contributed by atoms with Gasteiger partial charge in [-0.25, -0.2) is 13.8 Å². The molecule has 0 fully saturated rings. The summed E-state index contributed by atoms with van der Waals surface area (Å²) in [6, 6.07) is 4.44. The lowest BCUT2D eigenvalue weighted by molar-refractivity contribution is 0.102. The number of aromatic nitrogens is 1. The van der Waals surface area contributed by atoms with Crippen molar-refractivity contribution in [3.8, 4) is 0 Å². The number of carbonyl (C=O) groups excluding carboxylic acids is 1. The normalized spacial score (nSPS) is 10.3. The number of nitrogens with zero attached hydrogens (tertiary/aromatic N) is 1. The first-order valence-corrected chi connectivity index (χ1v) is 5.52. The quantitative estimate of drug-likeness (QED) is 0.833. The van der Waals surface area contributed by atoms with Crippen LogP contribution < -0.4 is 11.1 Å². The van der Waals surface area contributed by atoms with Gasteiger partial charge in [-0.2, -0.15) is 0 Å².